The largest absolute Gasteiger partial charge is 0.0759 e. The van der Waals surface area contributed by atoms with E-state index in [0.29, 0.717) is 0 Å². The molecule has 0 bridgehead atoms. The molecule has 0 radical (unpaired) electrons. The Balaban J connectivity index is 1.82. The van der Waals surface area contributed by atoms with Gasteiger partial charge in [-0.15, -0.1) is 0 Å². The third-order valence-corrected chi connectivity index (χ3v) is 4.14. The second-order valence-electron chi connectivity index (χ2n) is 5.42. The molecule has 4 rings (SSSR count). The van der Waals surface area contributed by atoms with Gasteiger partial charge in [0.15, 0.2) is 0 Å². The molecule has 0 nitrogen and oxygen atoms in total. The summed E-state index contributed by atoms with van der Waals surface area (Å²) in [5.41, 5.74) is 5.80. The molecule has 0 aromatic heterocycles. The van der Waals surface area contributed by atoms with Gasteiger partial charge in [0, 0.05) is 0 Å². The Morgan fingerprint density at radius 1 is 0.750 bits per heavy atom. The number of allylic oxidation sites excluding steroid dienone is 2. The normalized spacial score (nSPS) is 13.3. The summed E-state index contributed by atoms with van der Waals surface area (Å²) in [6, 6.07) is 24.0. The Bertz CT molecular complexity index is 795. The molecular formula is C20H16. The standard InChI is InChI=1S/C20H16/c1-2-6-15(7-3-1)14-18-13-12-17-11-10-16-8-4-5-9-19(16)20(17)18/h1-11,13H,12,14H2. The summed E-state index contributed by atoms with van der Waals surface area (Å²) in [5, 5.41) is 2.73. The van der Waals surface area contributed by atoms with Crippen LogP contribution in [0.3, 0.4) is 0 Å². The molecule has 0 heterocycles. The maximum Gasteiger partial charge on any atom is -0.00226 e. The number of rotatable bonds is 2. The molecule has 0 aliphatic heterocycles. The number of hydrogen-bond donors (Lipinski definition) is 0. The monoisotopic (exact) mass is 256 g/mol. The Labute approximate surface area is 119 Å². The number of fused-ring (bicyclic) bond motifs is 3. The lowest BCUT2D eigenvalue weighted by Crippen LogP contribution is -1.91. The smallest absolute Gasteiger partial charge is 0.00226 e. The summed E-state index contributed by atoms with van der Waals surface area (Å²) in [6.45, 7) is 0. The van der Waals surface area contributed by atoms with Gasteiger partial charge in [0.25, 0.3) is 0 Å². The Morgan fingerprint density at radius 2 is 1.55 bits per heavy atom. The fourth-order valence-electron chi connectivity index (χ4n) is 3.18. The zero-order chi connectivity index (χ0) is 13.4. The van der Waals surface area contributed by atoms with Crippen molar-refractivity contribution >= 4 is 16.3 Å². The predicted molar refractivity (Wildman–Crippen MR) is 85.8 cm³/mol. The van der Waals surface area contributed by atoms with Gasteiger partial charge >= 0.3 is 0 Å². The van der Waals surface area contributed by atoms with Gasteiger partial charge in [-0.25, -0.2) is 0 Å². The van der Waals surface area contributed by atoms with Crippen LogP contribution in [0.2, 0.25) is 0 Å². The number of hydrogen-bond acceptors (Lipinski definition) is 0. The van der Waals surface area contributed by atoms with Crippen molar-refractivity contribution in [3.8, 4) is 0 Å². The van der Waals surface area contributed by atoms with E-state index in [-0.39, 0.29) is 0 Å². The molecule has 1 aliphatic carbocycles. The van der Waals surface area contributed by atoms with E-state index < -0.39 is 0 Å². The fourth-order valence-corrected chi connectivity index (χ4v) is 3.18. The molecule has 0 spiro atoms. The Kier molecular flexibility index (Phi) is 2.67. The van der Waals surface area contributed by atoms with E-state index in [9.17, 15) is 0 Å². The van der Waals surface area contributed by atoms with Crippen LogP contribution in [0.1, 0.15) is 16.7 Å². The lowest BCUT2D eigenvalue weighted by atomic mass is 9.94. The molecule has 0 unspecified atom stereocenters. The molecule has 0 saturated heterocycles. The Hall–Kier alpha value is -2.34. The highest BCUT2D eigenvalue weighted by atomic mass is 14.2. The SMILES string of the molecule is C1=C(Cc2ccccc2)c2c(ccc3ccccc23)C1. The van der Waals surface area contributed by atoms with Gasteiger partial charge in [0.2, 0.25) is 0 Å². The maximum atomic E-state index is 2.39. The van der Waals surface area contributed by atoms with Gasteiger partial charge < -0.3 is 0 Å². The molecule has 3 aromatic rings. The van der Waals surface area contributed by atoms with Crippen molar-refractivity contribution in [3.63, 3.8) is 0 Å². The first-order chi connectivity index (χ1) is 9.92. The molecule has 0 fully saturated rings. The van der Waals surface area contributed by atoms with Crippen LogP contribution in [0.15, 0.2) is 72.8 Å². The van der Waals surface area contributed by atoms with Crippen molar-refractivity contribution in [3.05, 3.63) is 89.5 Å². The predicted octanol–water partition coefficient (Wildman–Crippen LogP) is 5.02. The van der Waals surface area contributed by atoms with Crippen LogP contribution in [0.4, 0.5) is 0 Å². The molecule has 0 atom stereocenters. The molecule has 96 valence electrons. The molecule has 3 aromatic carbocycles. The molecule has 0 N–H and O–H groups in total. The van der Waals surface area contributed by atoms with Gasteiger partial charge in [-0.05, 0) is 45.9 Å². The van der Waals surface area contributed by atoms with Gasteiger partial charge in [0.05, 0.1) is 0 Å². The average Bonchev–Trinajstić information content (AvgIpc) is 2.92. The van der Waals surface area contributed by atoms with Gasteiger partial charge in [-0.3, -0.25) is 0 Å². The van der Waals surface area contributed by atoms with Crippen molar-refractivity contribution in [2.24, 2.45) is 0 Å². The van der Waals surface area contributed by atoms with Crippen molar-refractivity contribution in [2.75, 3.05) is 0 Å². The van der Waals surface area contributed by atoms with Crippen molar-refractivity contribution in [1.82, 2.24) is 0 Å². The highest BCUT2D eigenvalue weighted by Crippen LogP contribution is 2.35. The summed E-state index contributed by atoms with van der Waals surface area (Å²) in [6.07, 6.45) is 4.49. The summed E-state index contributed by atoms with van der Waals surface area (Å²) in [4.78, 5) is 0. The minimum absolute atomic E-state index is 1.03. The van der Waals surface area contributed by atoms with Crippen LogP contribution < -0.4 is 0 Å². The minimum atomic E-state index is 1.03. The molecule has 20 heavy (non-hydrogen) atoms. The molecule has 0 amide bonds. The lowest BCUT2D eigenvalue weighted by Gasteiger charge is -2.10. The van der Waals surface area contributed by atoms with Crippen molar-refractivity contribution < 1.29 is 0 Å². The molecule has 1 aliphatic rings. The van der Waals surface area contributed by atoms with Crippen LogP contribution in [-0.2, 0) is 12.8 Å². The van der Waals surface area contributed by atoms with Crippen molar-refractivity contribution in [1.29, 1.82) is 0 Å². The Morgan fingerprint density at radius 3 is 2.45 bits per heavy atom. The zero-order valence-electron chi connectivity index (χ0n) is 11.3. The first kappa shape index (κ1) is 11.5. The van der Waals surface area contributed by atoms with E-state index in [1.807, 2.05) is 0 Å². The highest BCUT2D eigenvalue weighted by molar-refractivity contribution is 5.97. The van der Waals surface area contributed by atoms with E-state index in [4.69, 9.17) is 0 Å². The topological polar surface area (TPSA) is 0 Å². The van der Waals surface area contributed by atoms with E-state index in [0.717, 1.165) is 12.8 Å². The first-order valence-corrected chi connectivity index (χ1v) is 7.16. The van der Waals surface area contributed by atoms with Crippen LogP contribution in [0.5, 0.6) is 0 Å². The van der Waals surface area contributed by atoms with Crippen LogP contribution in [-0.4, -0.2) is 0 Å². The minimum Gasteiger partial charge on any atom is -0.0759 e. The van der Waals surface area contributed by atoms with E-state index in [1.165, 1.54) is 33.0 Å². The third kappa shape index (κ3) is 1.85. The second kappa shape index (κ2) is 4.64. The summed E-state index contributed by atoms with van der Waals surface area (Å²) in [7, 11) is 0. The quantitative estimate of drug-likeness (QED) is 0.603. The third-order valence-electron chi connectivity index (χ3n) is 4.14. The summed E-state index contributed by atoms with van der Waals surface area (Å²) < 4.78 is 0. The van der Waals surface area contributed by atoms with Gasteiger partial charge in [0.1, 0.15) is 0 Å². The van der Waals surface area contributed by atoms with Crippen molar-refractivity contribution in [2.45, 2.75) is 12.8 Å². The van der Waals surface area contributed by atoms with Crippen LogP contribution in [0.25, 0.3) is 16.3 Å². The van der Waals surface area contributed by atoms with E-state index >= 15 is 0 Å². The maximum absolute atomic E-state index is 2.39. The molecular weight excluding hydrogens is 240 g/mol. The fraction of sp³-hybridized carbons (Fsp3) is 0.100. The van der Waals surface area contributed by atoms with Crippen LogP contribution in [0, 0.1) is 0 Å². The average molecular weight is 256 g/mol. The van der Waals surface area contributed by atoms with Crippen LogP contribution >= 0.6 is 0 Å². The highest BCUT2D eigenvalue weighted by Gasteiger charge is 2.16. The zero-order valence-corrected chi connectivity index (χ0v) is 11.3. The molecule has 0 saturated carbocycles. The second-order valence-corrected chi connectivity index (χ2v) is 5.42. The molecule has 0 heteroatoms. The number of benzene rings is 3. The lowest BCUT2D eigenvalue weighted by molar-refractivity contribution is 1.29. The van der Waals surface area contributed by atoms with Gasteiger partial charge in [-0.1, -0.05) is 72.8 Å². The first-order valence-electron chi connectivity index (χ1n) is 7.16. The van der Waals surface area contributed by atoms with Gasteiger partial charge in [-0.2, -0.15) is 0 Å². The summed E-state index contributed by atoms with van der Waals surface area (Å²) >= 11 is 0. The van der Waals surface area contributed by atoms with E-state index in [2.05, 4.69) is 72.8 Å². The summed E-state index contributed by atoms with van der Waals surface area (Å²) in [5.74, 6) is 0. The van der Waals surface area contributed by atoms with E-state index in [1.54, 1.807) is 0 Å².